The van der Waals surface area contributed by atoms with Crippen molar-refractivity contribution in [3.8, 4) is 22.8 Å². The fourth-order valence-electron chi connectivity index (χ4n) is 2.68. The fourth-order valence-corrected chi connectivity index (χ4v) is 2.90. The number of aryl methyl sites for hydroxylation is 1. The number of nitrogens with one attached hydrogen (secondary N) is 2. The third-order valence-corrected chi connectivity index (χ3v) is 4.40. The first-order valence-corrected chi connectivity index (χ1v) is 9.57. The molecule has 0 unspecified atom stereocenters. The van der Waals surface area contributed by atoms with Crippen molar-refractivity contribution in [2.24, 2.45) is 0 Å². The standard InChI is InChI=1S/C22H22N2O5S/c1-14-3-6-16(7-4-14)28-13-21(26)24-22(30)23-18-11-15(5-9-20(18)27-2)19-10-8-17(12-25)29-19/h3-11,25H,12-13H2,1-2H3,(H2,23,24,26,30). The Labute approximate surface area is 179 Å². The quantitative estimate of drug-likeness (QED) is 0.497. The number of carbonyl (C=O) groups excluding carboxylic acids is 1. The van der Waals surface area contributed by atoms with Crippen molar-refractivity contribution in [3.63, 3.8) is 0 Å². The molecule has 0 bridgehead atoms. The minimum atomic E-state index is -0.387. The second-order valence-corrected chi connectivity index (χ2v) is 6.85. The Kier molecular flexibility index (Phi) is 7.05. The van der Waals surface area contributed by atoms with Crippen LogP contribution in [0.25, 0.3) is 11.3 Å². The number of methoxy groups -OCH3 is 1. The first-order valence-electron chi connectivity index (χ1n) is 9.17. The molecule has 1 amide bonds. The van der Waals surface area contributed by atoms with Crippen molar-refractivity contribution in [2.75, 3.05) is 19.0 Å². The van der Waals surface area contributed by atoms with Gasteiger partial charge in [-0.2, -0.15) is 0 Å². The van der Waals surface area contributed by atoms with Crippen LogP contribution in [0.5, 0.6) is 11.5 Å². The summed E-state index contributed by atoms with van der Waals surface area (Å²) in [5, 5.41) is 14.8. The number of anilines is 1. The molecule has 8 heteroatoms. The summed E-state index contributed by atoms with van der Waals surface area (Å²) in [4.78, 5) is 12.1. The minimum Gasteiger partial charge on any atom is -0.495 e. The maximum atomic E-state index is 12.1. The Balaban J connectivity index is 1.62. The average Bonchev–Trinajstić information content (AvgIpc) is 3.22. The number of amides is 1. The zero-order chi connectivity index (χ0) is 21.5. The summed E-state index contributed by atoms with van der Waals surface area (Å²) < 4.78 is 16.4. The molecule has 7 nitrogen and oxygen atoms in total. The second-order valence-electron chi connectivity index (χ2n) is 6.44. The van der Waals surface area contributed by atoms with Crippen molar-refractivity contribution in [1.29, 1.82) is 0 Å². The number of hydrogen-bond acceptors (Lipinski definition) is 6. The first-order chi connectivity index (χ1) is 14.5. The SMILES string of the molecule is COc1ccc(-c2ccc(CO)o2)cc1NC(=S)NC(=O)COc1ccc(C)cc1. The van der Waals surface area contributed by atoms with E-state index < -0.39 is 0 Å². The van der Waals surface area contributed by atoms with Crippen molar-refractivity contribution in [1.82, 2.24) is 5.32 Å². The molecule has 1 aromatic heterocycles. The first kappa shape index (κ1) is 21.4. The van der Waals surface area contributed by atoms with Gasteiger partial charge in [0.2, 0.25) is 0 Å². The van der Waals surface area contributed by atoms with Gasteiger partial charge in [0.1, 0.15) is 29.6 Å². The van der Waals surface area contributed by atoms with Crippen molar-refractivity contribution in [3.05, 3.63) is 65.9 Å². The van der Waals surface area contributed by atoms with Gasteiger partial charge in [-0.25, -0.2) is 0 Å². The zero-order valence-corrected chi connectivity index (χ0v) is 17.4. The van der Waals surface area contributed by atoms with Crippen LogP contribution in [0.15, 0.2) is 59.0 Å². The normalized spacial score (nSPS) is 10.4. The second kappa shape index (κ2) is 9.91. The van der Waals surface area contributed by atoms with Gasteiger partial charge in [-0.15, -0.1) is 0 Å². The monoisotopic (exact) mass is 426 g/mol. The average molecular weight is 426 g/mol. The smallest absolute Gasteiger partial charge is 0.264 e. The van der Waals surface area contributed by atoms with E-state index in [0.717, 1.165) is 11.1 Å². The van der Waals surface area contributed by atoms with E-state index in [9.17, 15) is 9.90 Å². The molecular formula is C22H22N2O5S. The molecule has 0 aliphatic rings. The number of carbonyl (C=O) groups is 1. The molecule has 3 aromatic rings. The Morgan fingerprint density at radius 3 is 2.57 bits per heavy atom. The van der Waals surface area contributed by atoms with Crippen LogP contribution >= 0.6 is 12.2 Å². The molecule has 1 heterocycles. The fraction of sp³-hybridized carbons (Fsp3) is 0.182. The van der Waals surface area contributed by atoms with Crippen molar-refractivity contribution < 1.29 is 23.8 Å². The number of thiocarbonyl (C=S) groups is 1. The summed E-state index contributed by atoms with van der Waals surface area (Å²) in [6.45, 7) is 1.63. The molecule has 0 atom stereocenters. The highest BCUT2D eigenvalue weighted by Crippen LogP contribution is 2.31. The van der Waals surface area contributed by atoms with Gasteiger partial charge in [0, 0.05) is 5.56 Å². The van der Waals surface area contributed by atoms with Crippen LogP contribution in [-0.2, 0) is 11.4 Å². The van der Waals surface area contributed by atoms with Crippen LogP contribution < -0.4 is 20.1 Å². The van der Waals surface area contributed by atoms with E-state index in [1.807, 2.05) is 25.1 Å². The van der Waals surface area contributed by atoms with E-state index in [1.54, 1.807) is 36.4 Å². The van der Waals surface area contributed by atoms with Gasteiger partial charge in [-0.05, 0) is 61.6 Å². The summed E-state index contributed by atoms with van der Waals surface area (Å²) in [6.07, 6.45) is 0. The van der Waals surface area contributed by atoms with E-state index in [2.05, 4.69) is 10.6 Å². The van der Waals surface area contributed by atoms with Crippen LogP contribution in [0.1, 0.15) is 11.3 Å². The van der Waals surface area contributed by atoms with Gasteiger partial charge >= 0.3 is 0 Å². The van der Waals surface area contributed by atoms with Crippen molar-refractivity contribution in [2.45, 2.75) is 13.5 Å². The Hall–Kier alpha value is -3.36. The van der Waals surface area contributed by atoms with Crippen LogP contribution in [0.2, 0.25) is 0 Å². The van der Waals surface area contributed by atoms with Crippen LogP contribution in [0.4, 0.5) is 5.69 Å². The van der Waals surface area contributed by atoms with Crippen LogP contribution in [0, 0.1) is 6.92 Å². The van der Waals surface area contributed by atoms with Gasteiger partial charge in [-0.1, -0.05) is 17.7 Å². The number of rotatable bonds is 7. The van der Waals surface area contributed by atoms with E-state index in [4.69, 9.17) is 26.1 Å². The largest absolute Gasteiger partial charge is 0.495 e. The Morgan fingerprint density at radius 2 is 1.90 bits per heavy atom. The number of aliphatic hydroxyl groups excluding tert-OH is 1. The summed E-state index contributed by atoms with van der Waals surface area (Å²) in [5.41, 5.74) is 2.42. The van der Waals surface area contributed by atoms with Crippen LogP contribution in [0.3, 0.4) is 0 Å². The summed E-state index contributed by atoms with van der Waals surface area (Å²) in [5.74, 6) is 1.81. The molecule has 0 saturated carbocycles. The molecule has 30 heavy (non-hydrogen) atoms. The summed E-state index contributed by atoms with van der Waals surface area (Å²) in [6, 6.07) is 16.2. The third-order valence-electron chi connectivity index (χ3n) is 4.19. The van der Waals surface area contributed by atoms with Gasteiger partial charge in [0.25, 0.3) is 5.91 Å². The molecule has 3 N–H and O–H groups in total. The Bertz CT molecular complexity index is 1030. The van der Waals surface area contributed by atoms with Gasteiger partial charge < -0.3 is 24.3 Å². The highest BCUT2D eigenvalue weighted by molar-refractivity contribution is 7.80. The van der Waals surface area contributed by atoms with E-state index in [-0.39, 0.29) is 24.2 Å². The molecule has 0 radical (unpaired) electrons. The topological polar surface area (TPSA) is 93.0 Å². The Morgan fingerprint density at radius 1 is 1.13 bits per heavy atom. The summed E-state index contributed by atoms with van der Waals surface area (Å²) in [7, 11) is 1.54. The number of hydrogen-bond donors (Lipinski definition) is 3. The molecule has 0 aliphatic heterocycles. The lowest BCUT2D eigenvalue weighted by Gasteiger charge is -2.14. The maximum absolute atomic E-state index is 12.1. The number of aliphatic hydroxyl groups is 1. The van der Waals surface area contributed by atoms with Crippen molar-refractivity contribution >= 4 is 28.9 Å². The molecule has 0 saturated heterocycles. The lowest BCUT2D eigenvalue weighted by molar-refractivity contribution is -0.121. The molecular weight excluding hydrogens is 404 g/mol. The molecule has 3 rings (SSSR count). The van der Waals surface area contributed by atoms with Gasteiger partial charge in [0.05, 0.1) is 12.8 Å². The predicted octanol–water partition coefficient (Wildman–Crippen LogP) is 3.65. The number of benzene rings is 2. The predicted molar refractivity (Wildman–Crippen MR) is 118 cm³/mol. The number of furan rings is 1. The molecule has 0 spiro atoms. The third kappa shape index (κ3) is 5.59. The van der Waals surface area contributed by atoms with E-state index >= 15 is 0 Å². The highest BCUT2D eigenvalue weighted by Gasteiger charge is 2.12. The van der Waals surface area contributed by atoms with E-state index in [1.165, 1.54) is 7.11 Å². The van der Waals surface area contributed by atoms with Gasteiger partial charge in [0.15, 0.2) is 11.7 Å². The minimum absolute atomic E-state index is 0.110. The molecule has 0 fully saturated rings. The molecule has 0 aliphatic carbocycles. The lowest BCUT2D eigenvalue weighted by Crippen LogP contribution is -2.37. The van der Waals surface area contributed by atoms with Gasteiger partial charge in [-0.3, -0.25) is 10.1 Å². The number of ether oxygens (including phenoxy) is 2. The zero-order valence-electron chi connectivity index (χ0n) is 16.6. The van der Waals surface area contributed by atoms with Crippen LogP contribution in [-0.4, -0.2) is 29.8 Å². The summed E-state index contributed by atoms with van der Waals surface area (Å²) >= 11 is 5.24. The van der Waals surface area contributed by atoms with E-state index in [0.29, 0.717) is 28.7 Å². The molecule has 156 valence electrons. The molecule has 2 aromatic carbocycles. The highest BCUT2D eigenvalue weighted by atomic mass is 32.1. The lowest BCUT2D eigenvalue weighted by atomic mass is 10.1. The maximum Gasteiger partial charge on any atom is 0.264 e.